The number of hydrogen-bond acceptors (Lipinski definition) is 4. The molecule has 1 aromatic heterocycles. The summed E-state index contributed by atoms with van der Waals surface area (Å²) in [6.45, 7) is 2.71. The molecule has 2 aromatic rings. The molecule has 0 bridgehead atoms. The Kier molecular flexibility index (Phi) is 3.62. The summed E-state index contributed by atoms with van der Waals surface area (Å²) in [4.78, 5) is 17.8. The molecule has 0 aliphatic heterocycles. The Morgan fingerprint density at radius 1 is 1.33 bits per heavy atom. The van der Waals surface area contributed by atoms with Crippen LogP contribution in [0.1, 0.15) is 18.1 Å². The maximum absolute atomic E-state index is 11.3. The SMILES string of the molecule is CCc1ccccc1CNc1nc[nH]c(=O)c1N. The standard InChI is InChI=1S/C13H16N4O/c1-2-9-5-3-4-6-10(9)7-15-12-11(14)13(18)17-8-16-12/h3-6,8H,2,7,14H2,1H3,(H2,15,16,17,18). The van der Waals surface area contributed by atoms with Gasteiger partial charge in [0.15, 0.2) is 5.82 Å². The number of aromatic amines is 1. The largest absolute Gasteiger partial charge is 0.391 e. The average molecular weight is 244 g/mol. The number of nitrogens with one attached hydrogen (secondary N) is 2. The van der Waals surface area contributed by atoms with Crippen LogP contribution in [0.4, 0.5) is 11.5 Å². The molecule has 0 unspecified atom stereocenters. The second-order valence-electron chi connectivity index (χ2n) is 3.97. The monoisotopic (exact) mass is 244 g/mol. The predicted octanol–water partition coefficient (Wildman–Crippen LogP) is 1.53. The van der Waals surface area contributed by atoms with E-state index in [2.05, 4.69) is 34.3 Å². The van der Waals surface area contributed by atoms with E-state index in [4.69, 9.17) is 5.73 Å². The number of aromatic nitrogens is 2. The molecule has 0 saturated carbocycles. The molecule has 94 valence electrons. The van der Waals surface area contributed by atoms with Crippen molar-refractivity contribution in [3.63, 3.8) is 0 Å². The van der Waals surface area contributed by atoms with Gasteiger partial charge >= 0.3 is 0 Å². The van der Waals surface area contributed by atoms with Crippen molar-refractivity contribution in [1.29, 1.82) is 0 Å². The van der Waals surface area contributed by atoms with Crippen molar-refractivity contribution < 1.29 is 0 Å². The van der Waals surface area contributed by atoms with Crippen LogP contribution in [-0.2, 0) is 13.0 Å². The molecule has 0 atom stereocenters. The first-order chi connectivity index (χ1) is 8.72. The topological polar surface area (TPSA) is 83.8 Å². The van der Waals surface area contributed by atoms with Gasteiger partial charge in [-0.3, -0.25) is 4.79 Å². The van der Waals surface area contributed by atoms with E-state index in [1.165, 1.54) is 17.5 Å². The molecule has 0 amide bonds. The van der Waals surface area contributed by atoms with Crippen molar-refractivity contribution in [1.82, 2.24) is 9.97 Å². The number of benzene rings is 1. The van der Waals surface area contributed by atoms with E-state index in [-0.39, 0.29) is 11.2 Å². The first-order valence-electron chi connectivity index (χ1n) is 5.86. The maximum atomic E-state index is 11.3. The van der Waals surface area contributed by atoms with Crippen LogP contribution in [-0.4, -0.2) is 9.97 Å². The van der Waals surface area contributed by atoms with E-state index in [1.54, 1.807) is 0 Å². The highest BCUT2D eigenvalue weighted by atomic mass is 16.1. The van der Waals surface area contributed by atoms with Gasteiger partial charge in [-0.1, -0.05) is 31.2 Å². The third kappa shape index (κ3) is 2.51. The van der Waals surface area contributed by atoms with Gasteiger partial charge in [-0.15, -0.1) is 0 Å². The Morgan fingerprint density at radius 2 is 2.06 bits per heavy atom. The molecule has 0 saturated heterocycles. The van der Waals surface area contributed by atoms with Crippen LogP contribution in [0.3, 0.4) is 0 Å². The van der Waals surface area contributed by atoms with Crippen LogP contribution in [0.15, 0.2) is 35.4 Å². The van der Waals surface area contributed by atoms with Crippen LogP contribution >= 0.6 is 0 Å². The van der Waals surface area contributed by atoms with Crippen LogP contribution in [0.25, 0.3) is 0 Å². The summed E-state index contributed by atoms with van der Waals surface area (Å²) in [6.07, 6.45) is 2.31. The second-order valence-corrected chi connectivity index (χ2v) is 3.97. The van der Waals surface area contributed by atoms with Crippen LogP contribution in [0, 0.1) is 0 Å². The molecule has 0 radical (unpaired) electrons. The van der Waals surface area contributed by atoms with Crippen molar-refractivity contribution in [3.05, 3.63) is 52.1 Å². The zero-order valence-corrected chi connectivity index (χ0v) is 10.2. The number of anilines is 2. The highest BCUT2D eigenvalue weighted by Crippen LogP contribution is 2.13. The Balaban J connectivity index is 2.16. The third-order valence-corrected chi connectivity index (χ3v) is 2.83. The Bertz CT molecular complexity index is 592. The normalized spacial score (nSPS) is 10.3. The molecular formula is C13H16N4O. The second kappa shape index (κ2) is 5.35. The Morgan fingerprint density at radius 3 is 2.78 bits per heavy atom. The zero-order chi connectivity index (χ0) is 13.0. The van der Waals surface area contributed by atoms with Gasteiger partial charge in [0, 0.05) is 6.54 Å². The van der Waals surface area contributed by atoms with Crippen LogP contribution in [0.5, 0.6) is 0 Å². The number of aryl methyl sites for hydroxylation is 1. The Hall–Kier alpha value is -2.30. The van der Waals surface area contributed by atoms with Crippen molar-refractivity contribution in [2.24, 2.45) is 0 Å². The summed E-state index contributed by atoms with van der Waals surface area (Å²) in [6, 6.07) is 8.15. The quantitative estimate of drug-likeness (QED) is 0.761. The molecule has 0 aliphatic carbocycles. The fourth-order valence-corrected chi connectivity index (χ4v) is 1.80. The highest BCUT2D eigenvalue weighted by Gasteiger charge is 2.05. The number of nitrogens with two attached hydrogens (primary N) is 1. The van der Waals surface area contributed by atoms with Gasteiger partial charge in [0.2, 0.25) is 0 Å². The van der Waals surface area contributed by atoms with Crippen LogP contribution in [0.2, 0.25) is 0 Å². The van der Waals surface area contributed by atoms with E-state index in [0.29, 0.717) is 12.4 Å². The minimum absolute atomic E-state index is 0.117. The molecule has 1 heterocycles. The molecular weight excluding hydrogens is 228 g/mol. The first kappa shape index (κ1) is 12.2. The first-order valence-corrected chi connectivity index (χ1v) is 5.86. The lowest BCUT2D eigenvalue weighted by Crippen LogP contribution is -2.16. The minimum Gasteiger partial charge on any atom is -0.391 e. The van der Waals surface area contributed by atoms with Crippen molar-refractivity contribution in [3.8, 4) is 0 Å². The van der Waals surface area contributed by atoms with E-state index < -0.39 is 0 Å². The van der Waals surface area contributed by atoms with Crippen molar-refractivity contribution in [2.45, 2.75) is 19.9 Å². The van der Waals surface area contributed by atoms with Crippen molar-refractivity contribution >= 4 is 11.5 Å². The molecule has 0 spiro atoms. The lowest BCUT2D eigenvalue weighted by molar-refractivity contribution is 1.02. The molecule has 2 rings (SSSR count). The number of nitrogens with zero attached hydrogens (tertiary/aromatic N) is 1. The minimum atomic E-state index is -0.323. The number of hydrogen-bond donors (Lipinski definition) is 3. The van der Waals surface area contributed by atoms with Gasteiger partial charge in [0.1, 0.15) is 5.69 Å². The van der Waals surface area contributed by atoms with Crippen LogP contribution < -0.4 is 16.6 Å². The maximum Gasteiger partial charge on any atom is 0.276 e. The fraction of sp³-hybridized carbons (Fsp3) is 0.231. The Labute approximate surface area is 105 Å². The molecule has 4 N–H and O–H groups in total. The van der Waals surface area contributed by atoms with E-state index in [0.717, 1.165) is 6.42 Å². The average Bonchev–Trinajstić information content (AvgIpc) is 2.41. The molecule has 18 heavy (non-hydrogen) atoms. The van der Waals surface area contributed by atoms with Gasteiger partial charge in [-0.25, -0.2) is 4.98 Å². The highest BCUT2D eigenvalue weighted by molar-refractivity contribution is 5.59. The van der Waals surface area contributed by atoms with Gasteiger partial charge in [-0.2, -0.15) is 0 Å². The lowest BCUT2D eigenvalue weighted by atomic mass is 10.1. The fourth-order valence-electron chi connectivity index (χ4n) is 1.80. The molecule has 5 heteroatoms. The third-order valence-electron chi connectivity index (χ3n) is 2.83. The number of nitrogen functional groups attached to an aromatic ring is 1. The predicted molar refractivity (Wildman–Crippen MR) is 72.4 cm³/mol. The van der Waals surface area contributed by atoms with Gasteiger partial charge in [0.25, 0.3) is 5.56 Å². The number of H-pyrrole nitrogens is 1. The zero-order valence-electron chi connectivity index (χ0n) is 10.2. The number of rotatable bonds is 4. The summed E-state index contributed by atoms with van der Waals surface area (Å²) >= 11 is 0. The molecule has 5 nitrogen and oxygen atoms in total. The molecule has 1 aromatic carbocycles. The van der Waals surface area contributed by atoms with Gasteiger partial charge in [-0.05, 0) is 17.5 Å². The van der Waals surface area contributed by atoms with Gasteiger partial charge < -0.3 is 16.0 Å². The summed E-state index contributed by atoms with van der Waals surface area (Å²) in [7, 11) is 0. The molecule has 0 fully saturated rings. The van der Waals surface area contributed by atoms with Crippen molar-refractivity contribution in [2.75, 3.05) is 11.1 Å². The van der Waals surface area contributed by atoms with Gasteiger partial charge in [0.05, 0.1) is 6.33 Å². The molecule has 0 aliphatic rings. The summed E-state index contributed by atoms with van der Waals surface area (Å²) < 4.78 is 0. The summed E-state index contributed by atoms with van der Waals surface area (Å²) in [5.74, 6) is 0.421. The van der Waals surface area contributed by atoms with E-state index in [9.17, 15) is 4.79 Å². The summed E-state index contributed by atoms with van der Waals surface area (Å²) in [5.41, 5.74) is 7.90. The van der Waals surface area contributed by atoms with E-state index in [1.807, 2.05) is 12.1 Å². The lowest BCUT2D eigenvalue weighted by Gasteiger charge is -2.10. The smallest absolute Gasteiger partial charge is 0.276 e. The van der Waals surface area contributed by atoms with E-state index >= 15 is 0 Å². The summed E-state index contributed by atoms with van der Waals surface area (Å²) in [5, 5.41) is 3.09.